The lowest BCUT2D eigenvalue weighted by Gasteiger charge is -2.05. The quantitative estimate of drug-likeness (QED) is 0.620. The average Bonchev–Trinajstić information content (AvgIpc) is 2.64. The van der Waals surface area contributed by atoms with Crippen LogP contribution in [0.15, 0.2) is 12.2 Å². The van der Waals surface area contributed by atoms with Crippen LogP contribution >= 0.6 is 0 Å². The molecule has 1 fully saturated rings. The first-order valence-electron chi connectivity index (χ1n) is 4.01. The van der Waals surface area contributed by atoms with Gasteiger partial charge in [-0.2, -0.15) is 0 Å². The molecule has 0 heterocycles. The zero-order valence-electron chi connectivity index (χ0n) is 7.02. The smallest absolute Gasteiger partial charge is 0.152 e. The van der Waals surface area contributed by atoms with E-state index in [2.05, 4.69) is 6.58 Å². The number of nitrogens with two attached hydrogens (primary N) is 1. The number of hydrogen-bond acceptors (Lipinski definition) is 2. The molecule has 0 aromatic carbocycles. The van der Waals surface area contributed by atoms with E-state index >= 15 is 0 Å². The number of hydrogen-bond donors (Lipinski definition) is 1. The van der Waals surface area contributed by atoms with Gasteiger partial charge in [0.05, 0.1) is 5.54 Å². The van der Waals surface area contributed by atoms with Crippen molar-refractivity contribution in [2.45, 2.75) is 38.1 Å². The lowest BCUT2D eigenvalue weighted by molar-refractivity contribution is -0.121. The van der Waals surface area contributed by atoms with Crippen molar-refractivity contribution < 1.29 is 4.79 Å². The number of carbonyl (C=O) groups is 1. The SMILES string of the molecule is C=C(C)CCC(=O)C1(N)CC1. The molecule has 2 nitrogen and oxygen atoms in total. The third-order valence-corrected chi connectivity index (χ3v) is 2.12. The van der Waals surface area contributed by atoms with Crippen molar-refractivity contribution in [3.05, 3.63) is 12.2 Å². The lowest BCUT2D eigenvalue weighted by Crippen LogP contribution is -2.32. The van der Waals surface area contributed by atoms with Gasteiger partial charge in [0.1, 0.15) is 0 Å². The third-order valence-electron chi connectivity index (χ3n) is 2.12. The van der Waals surface area contributed by atoms with E-state index in [-0.39, 0.29) is 5.78 Å². The molecule has 0 aromatic rings. The molecule has 11 heavy (non-hydrogen) atoms. The summed E-state index contributed by atoms with van der Waals surface area (Å²) in [5.41, 5.74) is 6.32. The zero-order chi connectivity index (χ0) is 8.48. The molecule has 2 heteroatoms. The summed E-state index contributed by atoms with van der Waals surface area (Å²) in [5, 5.41) is 0. The van der Waals surface area contributed by atoms with Crippen LogP contribution in [0.5, 0.6) is 0 Å². The summed E-state index contributed by atoms with van der Waals surface area (Å²) in [4.78, 5) is 11.3. The minimum absolute atomic E-state index is 0.209. The van der Waals surface area contributed by atoms with Gasteiger partial charge in [-0.1, -0.05) is 5.57 Å². The summed E-state index contributed by atoms with van der Waals surface area (Å²) in [6.07, 6.45) is 3.12. The molecule has 0 bridgehead atoms. The van der Waals surface area contributed by atoms with Crippen molar-refractivity contribution >= 4 is 5.78 Å². The molecular weight excluding hydrogens is 138 g/mol. The van der Waals surface area contributed by atoms with Crippen LogP contribution in [0, 0.1) is 0 Å². The maximum atomic E-state index is 11.3. The second-order valence-corrected chi connectivity index (χ2v) is 3.54. The minimum atomic E-state index is -0.435. The van der Waals surface area contributed by atoms with Crippen LogP contribution in [0.25, 0.3) is 0 Å². The van der Waals surface area contributed by atoms with Crippen molar-refractivity contribution in [1.29, 1.82) is 0 Å². The summed E-state index contributed by atoms with van der Waals surface area (Å²) in [7, 11) is 0. The van der Waals surface area contributed by atoms with Crippen LogP contribution in [0.3, 0.4) is 0 Å². The van der Waals surface area contributed by atoms with E-state index in [1.165, 1.54) is 0 Å². The van der Waals surface area contributed by atoms with Gasteiger partial charge in [0, 0.05) is 6.42 Å². The molecule has 2 N–H and O–H groups in total. The number of carbonyl (C=O) groups excluding carboxylic acids is 1. The highest BCUT2D eigenvalue weighted by molar-refractivity contribution is 5.91. The Kier molecular flexibility index (Phi) is 2.14. The topological polar surface area (TPSA) is 43.1 Å². The van der Waals surface area contributed by atoms with Crippen LogP contribution in [-0.4, -0.2) is 11.3 Å². The van der Waals surface area contributed by atoms with Crippen LogP contribution in [0.2, 0.25) is 0 Å². The van der Waals surface area contributed by atoms with E-state index in [0.717, 1.165) is 24.8 Å². The summed E-state index contributed by atoms with van der Waals surface area (Å²) in [5.74, 6) is 0.209. The maximum absolute atomic E-state index is 11.3. The van der Waals surface area contributed by atoms with Crippen LogP contribution in [0.4, 0.5) is 0 Å². The zero-order valence-corrected chi connectivity index (χ0v) is 7.02. The minimum Gasteiger partial charge on any atom is -0.319 e. The second-order valence-electron chi connectivity index (χ2n) is 3.54. The second kappa shape index (κ2) is 2.78. The summed E-state index contributed by atoms with van der Waals surface area (Å²) >= 11 is 0. The van der Waals surface area contributed by atoms with E-state index in [1.54, 1.807) is 0 Å². The van der Waals surface area contributed by atoms with E-state index in [1.807, 2.05) is 6.92 Å². The van der Waals surface area contributed by atoms with Gasteiger partial charge in [0.2, 0.25) is 0 Å². The fourth-order valence-corrected chi connectivity index (χ4v) is 0.989. The molecule has 0 spiro atoms. The summed E-state index contributed by atoms with van der Waals surface area (Å²) in [6.45, 7) is 5.67. The molecular formula is C9H15NO. The van der Waals surface area contributed by atoms with Crippen molar-refractivity contribution in [2.75, 3.05) is 0 Å². The standard InChI is InChI=1S/C9H15NO/c1-7(2)3-4-8(11)9(10)5-6-9/h1,3-6,10H2,2H3. The molecule has 1 aliphatic carbocycles. The van der Waals surface area contributed by atoms with Gasteiger partial charge in [0.25, 0.3) is 0 Å². The Morgan fingerprint density at radius 1 is 1.55 bits per heavy atom. The van der Waals surface area contributed by atoms with Crippen molar-refractivity contribution in [2.24, 2.45) is 5.73 Å². The molecule has 62 valence electrons. The Hall–Kier alpha value is -0.630. The monoisotopic (exact) mass is 153 g/mol. The molecule has 1 rings (SSSR count). The van der Waals surface area contributed by atoms with Gasteiger partial charge in [0.15, 0.2) is 5.78 Å². The predicted molar refractivity (Wildman–Crippen MR) is 45.2 cm³/mol. The Morgan fingerprint density at radius 3 is 2.45 bits per heavy atom. The van der Waals surface area contributed by atoms with Crippen molar-refractivity contribution in [3.63, 3.8) is 0 Å². The fraction of sp³-hybridized carbons (Fsp3) is 0.667. The first-order valence-corrected chi connectivity index (χ1v) is 4.01. The van der Waals surface area contributed by atoms with Gasteiger partial charge in [-0.05, 0) is 26.2 Å². The van der Waals surface area contributed by atoms with Crippen LogP contribution in [-0.2, 0) is 4.79 Å². The molecule has 0 aromatic heterocycles. The molecule has 0 atom stereocenters. The first kappa shape index (κ1) is 8.47. The Labute approximate surface area is 67.5 Å². The van der Waals surface area contributed by atoms with E-state index < -0.39 is 5.54 Å². The highest BCUT2D eigenvalue weighted by atomic mass is 16.1. The first-order chi connectivity index (χ1) is 5.04. The predicted octanol–water partition coefficient (Wildman–Crippen LogP) is 1.40. The molecule has 0 unspecified atom stereocenters. The molecule has 1 saturated carbocycles. The van der Waals surface area contributed by atoms with E-state index in [9.17, 15) is 4.79 Å². The largest absolute Gasteiger partial charge is 0.319 e. The van der Waals surface area contributed by atoms with Crippen LogP contribution in [0.1, 0.15) is 32.6 Å². The molecule has 0 radical (unpaired) electrons. The number of Topliss-reactive ketones (excluding diaryl/α,β-unsaturated/α-hetero) is 1. The highest BCUT2D eigenvalue weighted by Gasteiger charge is 2.44. The number of allylic oxidation sites excluding steroid dienone is 1. The normalized spacial score (nSPS) is 19.5. The van der Waals surface area contributed by atoms with Gasteiger partial charge < -0.3 is 5.73 Å². The summed E-state index contributed by atoms with van der Waals surface area (Å²) < 4.78 is 0. The maximum Gasteiger partial charge on any atom is 0.152 e. The van der Waals surface area contributed by atoms with Gasteiger partial charge in [-0.25, -0.2) is 0 Å². The fourth-order valence-electron chi connectivity index (χ4n) is 0.989. The average molecular weight is 153 g/mol. The Morgan fingerprint density at radius 2 is 2.09 bits per heavy atom. The summed E-state index contributed by atoms with van der Waals surface area (Å²) in [6, 6.07) is 0. The Balaban J connectivity index is 2.27. The van der Waals surface area contributed by atoms with E-state index in [0.29, 0.717) is 6.42 Å². The van der Waals surface area contributed by atoms with Gasteiger partial charge >= 0.3 is 0 Å². The Bertz CT molecular complexity index is 192. The van der Waals surface area contributed by atoms with Crippen molar-refractivity contribution in [3.8, 4) is 0 Å². The lowest BCUT2D eigenvalue weighted by atomic mass is 10.0. The van der Waals surface area contributed by atoms with Crippen LogP contribution < -0.4 is 5.73 Å². The number of rotatable bonds is 4. The van der Waals surface area contributed by atoms with E-state index in [4.69, 9.17) is 5.73 Å². The highest BCUT2D eigenvalue weighted by Crippen LogP contribution is 2.34. The molecule has 0 amide bonds. The molecule has 0 aliphatic heterocycles. The third kappa shape index (κ3) is 2.15. The number of ketones is 1. The van der Waals surface area contributed by atoms with Crippen molar-refractivity contribution in [1.82, 2.24) is 0 Å². The molecule has 1 aliphatic rings. The molecule has 0 saturated heterocycles. The van der Waals surface area contributed by atoms with Gasteiger partial charge in [-0.3, -0.25) is 4.79 Å². The van der Waals surface area contributed by atoms with Gasteiger partial charge in [-0.15, -0.1) is 6.58 Å².